The van der Waals surface area contributed by atoms with E-state index in [0.717, 1.165) is 15.1 Å². The summed E-state index contributed by atoms with van der Waals surface area (Å²) >= 11 is 3.15. The summed E-state index contributed by atoms with van der Waals surface area (Å²) in [6, 6.07) is 12.0. The van der Waals surface area contributed by atoms with Gasteiger partial charge in [-0.15, -0.1) is 11.8 Å². The number of hydrogen-bond acceptors (Lipinski definition) is 5. The van der Waals surface area contributed by atoms with Crippen LogP contribution in [0.2, 0.25) is 0 Å². The molecule has 0 atom stereocenters. The summed E-state index contributed by atoms with van der Waals surface area (Å²) in [5.74, 6) is -0.394. The van der Waals surface area contributed by atoms with Gasteiger partial charge in [0.1, 0.15) is 0 Å². The predicted molar refractivity (Wildman–Crippen MR) is 124 cm³/mol. The number of fused-ring (bicyclic) bond motifs is 1. The minimum absolute atomic E-state index is 0.157. The van der Waals surface area contributed by atoms with E-state index in [4.69, 9.17) is 0 Å². The third-order valence-electron chi connectivity index (χ3n) is 4.91. The highest BCUT2D eigenvalue weighted by atomic mass is 32.2. The van der Waals surface area contributed by atoms with Crippen molar-refractivity contribution < 1.29 is 13.2 Å². The lowest BCUT2D eigenvalue weighted by molar-refractivity contribution is 0.0997. The zero-order valence-corrected chi connectivity index (χ0v) is 20.1. The molecular weight excluding hydrogens is 438 g/mol. The van der Waals surface area contributed by atoms with E-state index in [-0.39, 0.29) is 10.9 Å². The molecule has 0 aliphatic carbocycles. The van der Waals surface area contributed by atoms with Crippen molar-refractivity contribution in [3.8, 4) is 0 Å². The SMILES string of the molecule is CCn1c(=NC(=O)c2ccc(S(=O)(=O)N(C)C(C)C)cc2)sc2cc(SC)ccc21. The molecule has 3 rings (SSSR count). The number of sulfonamides is 1. The Morgan fingerprint density at radius 2 is 1.87 bits per heavy atom. The van der Waals surface area contributed by atoms with Gasteiger partial charge in [0.05, 0.1) is 15.1 Å². The van der Waals surface area contributed by atoms with Crippen LogP contribution in [-0.4, -0.2) is 42.5 Å². The summed E-state index contributed by atoms with van der Waals surface area (Å²) in [6.45, 7) is 6.33. The average Bonchev–Trinajstić information content (AvgIpc) is 3.08. The van der Waals surface area contributed by atoms with Gasteiger partial charge in [0.25, 0.3) is 5.91 Å². The van der Waals surface area contributed by atoms with Crippen LogP contribution >= 0.6 is 23.1 Å². The first kappa shape index (κ1) is 22.7. The monoisotopic (exact) mass is 463 g/mol. The Balaban J connectivity index is 1.97. The highest BCUT2D eigenvalue weighted by Crippen LogP contribution is 2.24. The van der Waals surface area contributed by atoms with Crippen molar-refractivity contribution in [2.75, 3.05) is 13.3 Å². The second-order valence-electron chi connectivity index (χ2n) is 7.02. The maximum atomic E-state index is 12.7. The molecule has 3 aromatic rings. The van der Waals surface area contributed by atoms with Crippen LogP contribution in [0, 0.1) is 0 Å². The number of aryl methyl sites for hydroxylation is 1. The molecule has 6 nitrogen and oxygen atoms in total. The Kier molecular flexibility index (Phi) is 6.86. The van der Waals surface area contributed by atoms with E-state index in [0.29, 0.717) is 16.9 Å². The lowest BCUT2D eigenvalue weighted by Crippen LogP contribution is -2.33. The zero-order valence-electron chi connectivity index (χ0n) is 17.6. The molecule has 0 aliphatic rings. The fourth-order valence-corrected chi connectivity index (χ4v) is 5.95. The zero-order chi connectivity index (χ0) is 22.1. The standard InChI is InChI=1S/C21H25N3O3S3/c1-6-24-18-12-9-16(28-5)13-19(18)29-21(24)22-20(25)15-7-10-17(11-8-15)30(26,27)23(4)14(2)3/h7-14H,6H2,1-5H3. The smallest absolute Gasteiger partial charge is 0.279 e. The van der Waals surface area contributed by atoms with Crippen molar-refractivity contribution in [3.05, 3.63) is 52.8 Å². The van der Waals surface area contributed by atoms with E-state index in [2.05, 4.69) is 23.2 Å². The highest BCUT2D eigenvalue weighted by molar-refractivity contribution is 7.98. The number of thioether (sulfide) groups is 1. The third-order valence-corrected chi connectivity index (χ3v) is 8.72. The topological polar surface area (TPSA) is 71.7 Å². The number of amides is 1. The molecule has 1 amide bonds. The van der Waals surface area contributed by atoms with Gasteiger partial charge in [-0.05, 0) is 69.5 Å². The van der Waals surface area contributed by atoms with Crippen LogP contribution in [-0.2, 0) is 16.6 Å². The summed E-state index contributed by atoms with van der Waals surface area (Å²) in [7, 11) is -2.04. The molecule has 0 unspecified atom stereocenters. The van der Waals surface area contributed by atoms with Gasteiger partial charge < -0.3 is 4.57 Å². The molecule has 1 aromatic heterocycles. The predicted octanol–water partition coefficient (Wildman–Crippen LogP) is 4.21. The lowest BCUT2D eigenvalue weighted by atomic mass is 10.2. The first-order chi connectivity index (χ1) is 14.2. The van der Waals surface area contributed by atoms with E-state index < -0.39 is 15.9 Å². The van der Waals surface area contributed by atoms with Gasteiger partial charge >= 0.3 is 0 Å². The van der Waals surface area contributed by atoms with Crippen molar-refractivity contribution in [2.45, 2.75) is 43.1 Å². The van der Waals surface area contributed by atoms with Crippen LogP contribution in [0.1, 0.15) is 31.1 Å². The van der Waals surface area contributed by atoms with Gasteiger partial charge in [-0.25, -0.2) is 8.42 Å². The highest BCUT2D eigenvalue weighted by Gasteiger charge is 2.23. The van der Waals surface area contributed by atoms with Crippen molar-refractivity contribution in [1.82, 2.24) is 8.87 Å². The number of benzene rings is 2. The molecule has 0 radical (unpaired) electrons. The molecule has 0 aliphatic heterocycles. The van der Waals surface area contributed by atoms with Gasteiger partial charge in [0.2, 0.25) is 10.0 Å². The van der Waals surface area contributed by atoms with Crippen LogP contribution in [0.5, 0.6) is 0 Å². The summed E-state index contributed by atoms with van der Waals surface area (Å²) in [5, 5.41) is 0. The Labute approximate surface area is 185 Å². The van der Waals surface area contributed by atoms with Crippen molar-refractivity contribution in [2.24, 2.45) is 4.99 Å². The maximum Gasteiger partial charge on any atom is 0.279 e. The van der Waals surface area contributed by atoms with Gasteiger partial charge in [-0.2, -0.15) is 9.30 Å². The van der Waals surface area contributed by atoms with E-state index in [1.807, 2.05) is 31.6 Å². The third kappa shape index (κ3) is 4.39. The average molecular weight is 464 g/mol. The summed E-state index contributed by atoms with van der Waals surface area (Å²) in [5.41, 5.74) is 1.40. The second-order valence-corrected chi connectivity index (χ2v) is 10.9. The summed E-state index contributed by atoms with van der Waals surface area (Å²) in [4.78, 5) is 19.0. The van der Waals surface area contributed by atoms with Gasteiger partial charge in [-0.1, -0.05) is 11.3 Å². The summed E-state index contributed by atoms with van der Waals surface area (Å²) < 4.78 is 29.6. The van der Waals surface area contributed by atoms with Crippen molar-refractivity contribution >= 4 is 49.2 Å². The molecule has 160 valence electrons. The number of carbonyl (C=O) groups excluding carboxylic acids is 1. The fraction of sp³-hybridized carbons (Fsp3) is 0.333. The van der Waals surface area contributed by atoms with Crippen molar-refractivity contribution in [3.63, 3.8) is 0 Å². The van der Waals surface area contributed by atoms with Crippen LogP contribution in [0.3, 0.4) is 0 Å². The maximum absolute atomic E-state index is 12.7. The lowest BCUT2D eigenvalue weighted by Gasteiger charge is -2.20. The molecule has 9 heteroatoms. The van der Waals surface area contributed by atoms with Crippen LogP contribution in [0.15, 0.2) is 57.2 Å². The molecule has 0 fully saturated rings. The van der Waals surface area contributed by atoms with Crippen LogP contribution in [0.25, 0.3) is 10.2 Å². The molecule has 0 saturated heterocycles. The molecular formula is C21H25N3O3S3. The van der Waals surface area contributed by atoms with Crippen LogP contribution < -0.4 is 4.80 Å². The number of rotatable bonds is 6. The number of nitrogens with zero attached hydrogens (tertiary/aromatic N) is 3. The van der Waals surface area contributed by atoms with Gasteiger partial charge in [-0.3, -0.25) is 4.79 Å². The molecule has 0 N–H and O–H groups in total. The Morgan fingerprint density at radius 1 is 1.20 bits per heavy atom. The number of hydrogen-bond donors (Lipinski definition) is 0. The Bertz CT molecular complexity index is 1240. The van der Waals surface area contributed by atoms with Crippen molar-refractivity contribution in [1.29, 1.82) is 0 Å². The normalized spacial score (nSPS) is 13.0. The van der Waals surface area contributed by atoms with E-state index in [1.54, 1.807) is 18.8 Å². The second kappa shape index (κ2) is 9.05. The largest absolute Gasteiger partial charge is 0.317 e. The Morgan fingerprint density at radius 3 is 2.43 bits per heavy atom. The van der Waals surface area contributed by atoms with E-state index >= 15 is 0 Å². The minimum atomic E-state index is -3.59. The molecule has 30 heavy (non-hydrogen) atoms. The first-order valence-corrected chi connectivity index (χ1v) is 13.0. The molecule has 0 spiro atoms. The van der Waals surface area contributed by atoms with E-state index in [1.165, 1.54) is 39.9 Å². The number of thiazole rings is 1. The Hall–Kier alpha value is -1.94. The first-order valence-electron chi connectivity index (χ1n) is 9.53. The molecule has 0 bridgehead atoms. The van der Waals surface area contributed by atoms with Gasteiger partial charge in [0.15, 0.2) is 4.80 Å². The molecule has 2 aromatic carbocycles. The minimum Gasteiger partial charge on any atom is -0.317 e. The van der Waals surface area contributed by atoms with Gasteiger partial charge in [0, 0.05) is 30.1 Å². The summed E-state index contributed by atoms with van der Waals surface area (Å²) in [6.07, 6.45) is 2.03. The number of carbonyl (C=O) groups is 1. The molecule has 0 saturated carbocycles. The quantitative estimate of drug-likeness (QED) is 0.513. The van der Waals surface area contributed by atoms with Crippen LogP contribution in [0.4, 0.5) is 0 Å². The molecule has 1 heterocycles. The van der Waals surface area contributed by atoms with E-state index in [9.17, 15) is 13.2 Å². The fourth-order valence-electron chi connectivity index (χ4n) is 2.94. The number of aromatic nitrogens is 1.